The van der Waals surface area contributed by atoms with Crippen molar-refractivity contribution < 1.29 is 9.53 Å². The first kappa shape index (κ1) is 10.6. The van der Waals surface area contributed by atoms with Gasteiger partial charge >= 0.3 is 6.09 Å². The van der Waals surface area contributed by atoms with Crippen molar-refractivity contribution in [3.8, 4) is 0 Å². The summed E-state index contributed by atoms with van der Waals surface area (Å²) in [7, 11) is 0. The number of carbonyl (C=O) groups excluding carboxylic acids is 1. The van der Waals surface area contributed by atoms with E-state index in [-0.39, 0.29) is 0 Å². The third-order valence-corrected chi connectivity index (χ3v) is 1.74. The van der Waals surface area contributed by atoms with E-state index in [4.69, 9.17) is 4.74 Å². The largest absolute Gasteiger partial charge is 0.449 e. The second-order valence-corrected chi connectivity index (χ2v) is 3.13. The molecule has 76 valence electrons. The van der Waals surface area contributed by atoms with Crippen molar-refractivity contribution in [3.05, 3.63) is 29.8 Å². The van der Waals surface area contributed by atoms with Crippen molar-refractivity contribution in [2.75, 3.05) is 11.9 Å². The van der Waals surface area contributed by atoms with Crippen molar-refractivity contribution >= 4 is 11.8 Å². The van der Waals surface area contributed by atoms with Crippen molar-refractivity contribution in [2.45, 2.75) is 20.3 Å². The molecule has 14 heavy (non-hydrogen) atoms. The van der Waals surface area contributed by atoms with Crippen LogP contribution in [0.2, 0.25) is 0 Å². The van der Waals surface area contributed by atoms with Gasteiger partial charge in [-0.15, -0.1) is 0 Å². The number of amides is 1. The van der Waals surface area contributed by atoms with E-state index in [0.29, 0.717) is 6.61 Å². The minimum absolute atomic E-state index is 0.393. The Balaban J connectivity index is 2.44. The molecule has 0 saturated heterocycles. The van der Waals surface area contributed by atoms with Crippen LogP contribution in [0.4, 0.5) is 10.5 Å². The highest BCUT2D eigenvalue weighted by molar-refractivity contribution is 5.84. The Morgan fingerprint density at radius 2 is 2.00 bits per heavy atom. The van der Waals surface area contributed by atoms with Crippen molar-refractivity contribution in [3.63, 3.8) is 0 Å². The Kier molecular flexibility index (Phi) is 3.98. The summed E-state index contributed by atoms with van der Waals surface area (Å²) < 4.78 is 4.88. The average molecular weight is 193 g/mol. The van der Waals surface area contributed by atoms with Crippen LogP contribution in [0.5, 0.6) is 0 Å². The van der Waals surface area contributed by atoms with E-state index in [1.807, 2.05) is 38.1 Å². The van der Waals surface area contributed by atoms with Gasteiger partial charge in [0.1, 0.15) is 0 Å². The van der Waals surface area contributed by atoms with Crippen LogP contribution < -0.4 is 5.32 Å². The van der Waals surface area contributed by atoms with Gasteiger partial charge in [-0.1, -0.05) is 24.6 Å². The molecule has 0 bridgehead atoms. The highest BCUT2D eigenvalue weighted by atomic mass is 16.5. The Labute approximate surface area is 84.1 Å². The molecular weight excluding hydrogens is 178 g/mol. The van der Waals surface area contributed by atoms with Crippen molar-refractivity contribution in [2.24, 2.45) is 0 Å². The minimum Gasteiger partial charge on any atom is -0.449 e. The Bertz CT molecular complexity index is 293. The van der Waals surface area contributed by atoms with Crippen LogP contribution >= 0.6 is 0 Å². The second kappa shape index (κ2) is 5.27. The third kappa shape index (κ3) is 3.47. The van der Waals surface area contributed by atoms with Crippen LogP contribution in [0.15, 0.2) is 24.3 Å². The summed E-state index contributed by atoms with van der Waals surface area (Å²) in [4.78, 5) is 11.1. The second-order valence-electron chi connectivity index (χ2n) is 3.13. The lowest BCUT2D eigenvalue weighted by molar-refractivity contribution is 0.161. The quantitative estimate of drug-likeness (QED) is 0.801. The fourth-order valence-corrected chi connectivity index (χ4v) is 0.986. The first-order valence-corrected chi connectivity index (χ1v) is 4.73. The van der Waals surface area contributed by atoms with E-state index in [2.05, 4.69) is 5.32 Å². The van der Waals surface area contributed by atoms with Crippen LogP contribution in [0, 0.1) is 6.92 Å². The minimum atomic E-state index is -0.393. The van der Waals surface area contributed by atoms with Crippen LogP contribution in [0.1, 0.15) is 18.9 Å². The summed E-state index contributed by atoms with van der Waals surface area (Å²) in [6.07, 6.45) is 0.442. The first-order valence-electron chi connectivity index (χ1n) is 4.73. The maximum Gasteiger partial charge on any atom is 0.411 e. The molecule has 0 aliphatic heterocycles. The number of ether oxygens (including phenoxy) is 1. The van der Waals surface area contributed by atoms with E-state index in [1.165, 1.54) is 0 Å². The fraction of sp³-hybridized carbons (Fsp3) is 0.364. The van der Waals surface area contributed by atoms with Crippen LogP contribution in [-0.2, 0) is 4.74 Å². The van der Waals surface area contributed by atoms with Crippen molar-refractivity contribution in [1.29, 1.82) is 0 Å². The molecule has 0 saturated carbocycles. The standard InChI is InChI=1S/C11H15NO2/c1-3-8-14-11(13)12-10-6-4-9(2)5-7-10/h4-7H,3,8H2,1-2H3,(H,12,13). The maximum absolute atomic E-state index is 11.1. The molecule has 0 aliphatic rings. The number of carbonyl (C=O) groups is 1. The number of rotatable bonds is 3. The number of hydrogen-bond acceptors (Lipinski definition) is 2. The monoisotopic (exact) mass is 193 g/mol. The van der Waals surface area contributed by atoms with Crippen LogP contribution in [0.3, 0.4) is 0 Å². The zero-order valence-electron chi connectivity index (χ0n) is 8.54. The summed E-state index contributed by atoms with van der Waals surface area (Å²) in [5.41, 5.74) is 1.93. The summed E-state index contributed by atoms with van der Waals surface area (Å²) in [6.45, 7) is 4.41. The molecule has 1 amide bonds. The molecule has 1 aromatic rings. The molecule has 0 spiro atoms. The molecule has 0 radical (unpaired) electrons. The summed E-state index contributed by atoms with van der Waals surface area (Å²) in [5, 5.41) is 2.64. The molecule has 0 fully saturated rings. The fourth-order valence-electron chi connectivity index (χ4n) is 0.986. The molecule has 0 aliphatic carbocycles. The molecule has 0 aromatic heterocycles. The van der Waals surface area contributed by atoms with Crippen LogP contribution in [-0.4, -0.2) is 12.7 Å². The first-order chi connectivity index (χ1) is 6.72. The molecule has 1 N–H and O–H groups in total. The zero-order chi connectivity index (χ0) is 10.4. The van der Waals surface area contributed by atoms with Gasteiger partial charge in [-0.05, 0) is 25.5 Å². The normalized spacial score (nSPS) is 9.57. The molecule has 3 heteroatoms. The third-order valence-electron chi connectivity index (χ3n) is 1.74. The number of nitrogens with one attached hydrogen (secondary N) is 1. The van der Waals surface area contributed by atoms with Crippen LogP contribution in [0.25, 0.3) is 0 Å². The van der Waals surface area contributed by atoms with Crippen molar-refractivity contribution in [1.82, 2.24) is 0 Å². The van der Waals surface area contributed by atoms with Gasteiger partial charge in [-0.2, -0.15) is 0 Å². The number of aryl methyl sites for hydroxylation is 1. The van der Waals surface area contributed by atoms with Gasteiger partial charge in [0.05, 0.1) is 6.61 Å². The molecule has 0 atom stereocenters. The molecule has 0 heterocycles. The number of benzene rings is 1. The number of hydrogen-bond donors (Lipinski definition) is 1. The van der Waals surface area contributed by atoms with E-state index < -0.39 is 6.09 Å². The summed E-state index contributed by atoms with van der Waals surface area (Å²) in [5.74, 6) is 0. The van der Waals surface area contributed by atoms with E-state index in [1.54, 1.807) is 0 Å². The molecule has 3 nitrogen and oxygen atoms in total. The van der Waals surface area contributed by atoms with Gasteiger partial charge in [0.15, 0.2) is 0 Å². The molecule has 1 rings (SSSR count). The summed E-state index contributed by atoms with van der Waals surface area (Å²) in [6, 6.07) is 7.58. The number of anilines is 1. The lowest BCUT2D eigenvalue weighted by Gasteiger charge is -2.05. The molecule has 0 unspecified atom stereocenters. The van der Waals surface area contributed by atoms with E-state index in [0.717, 1.165) is 17.7 Å². The smallest absolute Gasteiger partial charge is 0.411 e. The zero-order valence-corrected chi connectivity index (χ0v) is 8.54. The lowest BCUT2D eigenvalue weighted by Crippen LogP contribution is -2.13. The van der Waals surface area contributed by atoms with Gasteiger partial charge in [0, 0.05) is 5.69 Å². The average Bonchev–Trinajstić information content (AvgIpc) is 2.18. The van der Waals surface area contributed by atoms with Gasteiger partial charge < -0.3 is 4.74 Å². The predicted molar refractivity (Wildman–Crippen MR) is 56.4 cm³/mol. The summed E-state index contributed by atoms with van der Waals surface area (Å²) >= 11 is 0. The van der Waals surface area contributed by atoms with Gasteiger partial charge in [0.2, 0.25) is 0 Å². The Morgan fingerprint density at radius 3 is 2.57 bits per heavy atom. The van der Waals surface area contributed by atoms with E-state index in [9.17, 15) is 4.79 Å². The van der Waals surface area contributed by atoms with Gasteiger partial charge in [-0.25, -0.2) is 4.79 Å². The highest BCUT2D eigenvalue weighted by Gasteiger charge is 2.00. The SMILES string of the molecule is CCCOC(=O)Nc1ccc(C)cc1. The topological polar surface area (TPSA) is 38.3 Å². The Morgan fingerprint density at radius 1 is 1.36 bits per heavy atom. The van der Waals surface area contributed by atoms with E-state index >= 15 is 0 Å². The molecule has 1 aromatic carbocycles. The Hall–Kier alpha value is -1.51. The predicted octanol–water partition coefficient (Wildman–Crippen LogP) is 2.95. The highest BCUT2D eigenvalue weighted by Crippen LogP contribution is 2.08. The molecular formula is C11H15NO2. The maximum atomic E-state index is 11.1. The lowest BCUT2D eigenvalue weighted by atomic mass is 10.2. The van der Waals surface area contributed by atoms with Gasteiger partial charge in [-0.3, -0.25) is 5.32 Å². The van der Waals surface area contributed by atoms with Gasteiger partial charge in [0.25, 0.3) is 0 Å².